The Balaban J connectivity index is 1.82. The summed E-state index contributed by atoms with van der Waals surface area (Å²) in [5, 5.41) is 4.14. The van der Waals surface area contributed by atoms with E-state index in [1.54, 1.807) is 0 Å². The van der Waals surface area contributed by atoms with Gasteiger partial charge < -0.3 is 5.32 Å². The molecule has 0 spiro atoms. The Labute approximate surface area is 108 Å². The fraction of sp³-hybridized carbons (Fsp3) is 0.692. The molecule has 4 heteroatoms. The van der Waals surface area contributed by atoms with Crippen molar-refractivity contribution in [3.05, 3.63) is 18.1 Å². The zero-order chi connectivity index (χ0) is 11.9. The molecule has 1 aromatic rings. The van der Waals surface area contributed by atoms with E-state index in [2.05, 4.69) is 22.2 Å². The number of aromatic nitrogens is 2. The van der Waals surface area contributed by atoms with Crippen LogP contribution in [0, 0.1) is 0 Å². The highest BCUT2D eigenvalue weighted by molar-refractivity contribution is 7.99. The summed E-state index contributed by atoms with van der Waals surface area (Å²) >= 11 is 2.02. The minimum atomic E-state index is 0.839. The van der Waals surface area contributed by atoms with Gasteiger partial charge in [0.2, 0.25) is 0 Å². The third-order valence-electron chi connectivity index (χ3n) is 3.01. The van der Waals surface area contributed by atoms with E-state index < -0.39 is 0 Å². The molecule has 0 atom stereocenters. The molecule has 1 fully saturated rings. The van der Waals surface area contributed by atoms with E-state index >= 15 is 0 Å². The molecule has 0 bridgehead atoms. The van der Waals surface area contributed by atoms with E-state index in [0.717, 1.165) is 35.6 Å². The first-order valence-electron chi connectivity index (χ1n) is 6.56. The molecule has 0 unspecified atom stereocenters. The van der Waals surface area contributed by atoms with E-state index in [4.69, 9.17) is 0 Å². The Morgan fingerprint density at radius 2 is 2.24 bits per heavy atom. The maximum absolute atomic E-state index is 4.53. The van der Waals surface area contributed by atoms with Gasteiger partial charge in [-0.25, -0.2) is 9.97 Å². The fourth-order valence-electron chi connectivity index (χ4n) is 2.07. The zero-order valence-electron chi connectivity index (χ0n) is 10.5. The second-order valence-corrected chi connectivity index (χ2v) is 5.79. The highest BCUT2D eigenvalue weighted by Crippen LogP contribution is 2.30. The SMILES string of the molecule is CCCNc1ccnc(CSC2CCCC2)n1. The first-order valence-corrected chi connectivity index (χ1v) is 7.60. The van der Waals surface area contributed by atoms with Gasteiger partial charge in [-0.15, -0.1) is 0 Å². The van der Waals surface area contributed by atoms with Crippen molar-refractivity contribution >= 4 is 17.6 Å². The lowest BCUT2D eigenvalue weighted by Crippen LogP contribution is -2.05. The quantitative estimate of drug-likeness (QED) is 0.840. The van der Waals surface area contributed by atoms with E-state index in [0.29, 0.717) is 0 Å². The highest BCUT2D eigenvalue weighted by Gasteiger charge is 2.15. The number of anilines is 1. The molecule has 1 aromatic heterocycles. The second kappa shape index (κ2) is 6.84. The maximum Gasteiger partial charge on any atom is 0.140 e. The van der Waals surface area contributed by atoms with E-state index in [1.165, 1.54) is 25.7 Å². The lowest BCUT2D eigenvalue weighted by molar-refractivity contribution is 0.886. The van der Waals surface area contributed by atoms with Gasteiger partial charge in [0.15, 0.2) is 0 Å². The first-order chi connectivity index (χ1) is 8.38. The first kappa shape index (κ1) is 12.7. The monoisotopic (exact) mass is 251 g/mol. The van der Waals surface area contributed by atoms with Crippen LogP contribution in [0.5, 0.6) is 0 Å². The second-order valence-electron chi connectivity index (χ2n) is 4.50. The van der Waals surface area contributed by atoms with E-state index in [9.17, 15) is 0 Å². The highest BCUT2D eigenvalue weighted by atomic mass is 32.2. The Hall–Kier alpha value is -0.770. The van der Waals surface area contributed by atoms with Crippen LogP contribution in [0.3, 0.4) is 0 Å². The van der Waals surface area contributed by atoms with Crippen LogP contribution in [-0.4, -0.2) is 21.8 Å². The van der Waals surface area contributed by atoms with E-state index in [-0.39, 0.29) is 0 Å². The van der Waals surface area contributed by atoms with Crippen LogP contribution in [0.2, 0.25) is 0 Å². The van der Waals surface area contributed by atoms with Gasteiger partial charge >= 0.3 is 0 Å². The summed E-state index contributed by atoms with van der Waals surface area (Å²) in [7, 11) is 0. The Bertz CT molecular complexity index is 337. The zero-order valence-corrected chi connectivity index (χ0v) is 11.3. The molecule has 2 rings (SSSR count). The smallest absolute Gasteiger partial charge is 0.140 e. The van der Waals surface area contributed by atoms with Crippen molar-refractivity contribution in [2.24, 2.45) is 0 Å². The minimum Gasteiger partial charge on any atom is -0.370 e. The molecule has 94 valence electrons. The number of thioether (sulfide) groups is 1. The van der Waals surface area contributed by atoms with Crippen LogP contribution in [0.4, 0.5) is 5.82 Å². The molecule has 0 radical (unpaired) electrons. The van der Waals surface area contributed by atoms with Crippen LogP contribution in [0.25, 0.3) is 0 Å². The maximum atomic E-state index is 4.53. The lowest BCUT2D eigenvalue weighted by atomic mass is 10.4. The summed E-state index contributed by atoms with van der Waals surface area (Å²) in [5.41, 5.74) is 0. The number of nitrogens with zero attached hydrogens (tertiary/aromatic N) is 2. The summed E-state index contributed by atoms with van der Waals surface area (Å²) < 4.78 is 0. The molecule has 1 heterocycles. The van der Waals surface area contributed by atoms with Crippen LogP contribution in [0.15, 0.2) is 12.3 Å². The third kappa shape index (κ3) is 4.19. The molecule has 1 aliphatic rings. The lowest BCUT2D eigenvalue weighted by Gasteiger charge is -2.08. The molecule has 1 aliphatic carbocycles. The van der Waals surface area contributed by atoms with Crippen molar-refractivity contribution in [2.75, 3.05) is 11.9 Å². The molecule has 1 N–H and O–H groups in total. The van der Waals surface area contributed by atoms with Crippen molar-refractivity contribution in [2.45, 2.75) is 50.0 Å². The van der Waals surface area contributed by atoms with E-state index in [1.807, 2.05) is 24.0 Å². The number of hydrogen-bond acceptors (Lipinski definition) is 4. The average molecular weight is 251 g/mol. The van der Waals surface area contributed by atoms with Gasteiger partial charge in [-0.1, -0.05) is 19.8 Å². The summed E-state index contributed by atoms with van der Waals surface area (Å²) in [6, 6.07) is 1.94. The number of rotatable bonds is 6. The molecular formula is C13H21N3S. The van der Waals surface area contributed by atoms with Gasteiger partial charge in [0.05, 0.1) is 5.75 Å². The van der Waals surface area contributed by atoms with Gasteiger partial charge in [0.1, 0.15) is 11.6 Å². The summed E-state index contributed by atoms with van der Waals surface area (Å²) in [6.45, 7) is 3.14. The Morgan fingerprint density at radius 3 is 3.00 bits per heavy atom. The standard InChI is InChI=1S/C13H21N3S/c1-2-8-14-12-7-9-15-13(16-12)10-17-11-5-3-4-6-11/h7,9,11H,2-6,8,10H2,1H3,(H,14,15,16). The normalized spacial score (nSPS) is 16.3. The topological polar surface area (TPSA) is 37.8 Å². The molecule has 0 aromatic carbocycles. The van der Waals surface area contributed by atoms with Gasteiger partial charge in [-0.2, -0.15) is 11.8 Å². The van der Waals surface area contributed by atoms with Gasteiger partial charge in [0, 0.05) is 18.0 Å². The minimum absolute atomic E-state index is 0.839. The van der Waals surface area contributed by atoms with Gasteiger partial charge in [-0.05, 0) is 25.3 Å². The predicted octanol–water partition coefficient (Wildman–Crippen LogP) is 3.47. The molecular weight excluding hydrogens is 230 g/mol. The van der Waals surface area contributed by atoms with Crippen molar-refractivity contribution in [3.63, 3.8) is 0 Å². The van der Waals surface area contributed by atoms with Crippen molar-refractivity contribution in [1.29, 1.82) is 0 Å². The summed E-state index contributed by atoms with van der Waals surface area (Å²) in [6.07, 6.45) is 8.52. The van der Waals surface area contributed by atoms with Crippen molar-refractivity contribution in [1.82, 2.24) is 9.97 Å². The molecule has 0 aliphatic heterocycles. The fourth-order valence-corrected chi connectivity index (χ4v) is 3.26. The van der Waals surface area contributed by atoms with Crippen molar-refractivity contribution in [3.8, 4) is 0 Å². The van der Waals surface area contributed by atoms with Crippen LogP contribution in [-0.2, 0) is 5.75 Å². The molecule has 17 heavy (non-hydrogen) atoms. The van der Waals surface area contributed by atoms with Crippen LogP contribution in [0.1, 0.15) is 44.9 Å². The molecule has 3 nitrogen and oxygen atoms in total. The third-order valence-corrected chi connectivity index (χ3v) is 4.38. The molecule has 0 amide bonds. The van der Waals surface area contributed by atoms with Gasteiger partial charge in [-0.3, -0.25) is 0 Å². The summed E-state index contributed by atoms with van der Waals surface area (Å²) in [4.78, 5) is 8.86. The Kier molecular flexibility index (Phi) is 5.10. The average Bonchev–Trinajstić information content (AvgIpc) is 2.87. The predicted molar refractivity (Wildman–Crippen MR) is 74.4 cm³/mol. The Morgan fingerprint density at radius 1 is 1.41 bits per heavy atom. The largest absolute Gasteiger partial charge is 0.370 e. The molecule has 0 saturated heterocycles. The van der Waals surface area contributed by atoms with Crippen molar-refractivity contribution < 1.29 is 0 Å². The van der Waals surface area contributed by atoms with Crippen LogP contribution >= 0.6 is 11.8 Å². The number of hydrogen-bond donors (Lipinski definition) is 1. The summed E-state index contributed by atoms with van der Waals surface area (Å²) in [5.74, 6) is 2.87. The molecule has 1 saturated carbocycles. The van der Waals surface area contributed by atoms with Gasteiger partial charge in [0.25, 0.3) is 0 Å². The van der Waals surface area contributed by atoms with Crippen LogP contribution < -0.4 is 5.32 Å². The number of nitrogens with one attached hydrogen (secondary N) is 1.